The maximum absolute atomic E-state index is 5.80. The summed E-state index contributed by atoms with van der Waals surface area (Å²) in [5, 5.41) is 8.54. The Bertz CT molecular complexity index is 1090. The Balaban J connectivity index is 1.76. The summed E-state index contributed by atoms with van der Waals surface area (Å²) < 4.78 is 5.80. The topological polar surface area (TPSA) is 54.2 Å². The third-order valence-electron chi connectivity index (χ3n) is 5.65. The highest BCUT2D eigenvalue weighted by Gasteiger charge is 2.33. The van der Waals surface area contributed by atoms with Crippen molar-refractivity contribution in [1.82, 2.24) is 20.4 Å². The number of nitrogens with zero attached hydrogens (tertiary/aromatic N) is 3. The highest BCUT2D eigenvalue weighted by Crippen LogP contribution is 2.37. The van der Waals surface area contributed by atoms with Gasteiger partial charge in [-0.2, -0.15) is 4.98 Å². The van der Waals surface area contributed by atoms with Crippen LogP contribution in [0.1, 0.15) is 56.2 Å². The van der Waals surface area contributed by atoms with Gasteiger partial charge in [0.25, 0.3) is 5.89 Å². The van der Waals surface area contributed by atoms with Gasteiger partial charge >= 0.3 is 0 Å². The van der Waals surface area contributed by atoms with E-state index in [0.29, 0.717) is 11.7 Å². The highest BCUT2D eigenvalue weighted by atomic mass is 32.1. The molecule has 0 bridgehead atoms. The van der Waals surface area contributed by atoms with Gasteiger partial charge in [-0.15, -0.1) is 0 Å². The standard InChI is InChI=1S/C25H28N4OS/c1-4-5-9-15-29-18(3)21(22(26-25(29)31)19-12-7-6-8-13-19)24-27-23(28-30-24)20-14-10-11-17(2)16-20/h6-8,10-14,16,22H,4-5,9,15H2,1-3H3,(H,26,31). The van der Waals surface area contributed by atoms with Crippen LogP contribution in [-0.2, 0) is 0 Å². The molecule has 1 aromatic heterocycles. The lowest BCUT2D eigenvalue weighted by molar-refractivity contribution is 0.395. The molecule has 0 fully saturated rings. The molecule has 4 rings (SSSR count). The maximum Gasteiger partial charge on any atom is 0.258 e. The minimum atomic E-state index is -0.137. The molecule has 2 aromatic carbocycles. The molecule has 1 N–H and O–H groups in total. The summed E-state index contributed by atoms with van der Waals surface area (Å²) in [5.41, 5.74) is 5.26. The average molecular weight is 433 g/mol. The molecule has 0 aliphatic carbocycles. The molecule has 2 heterocycles. The fourth-order valence-corrected chi connectivity index (χ4v) is 4.32. The Morgan fingerprint density at radius 3 is 2.61 bits per heavy atom. The molecule has 1 unspecified atom stereocenters. The van der Waals surface area contributed by atoms with Crippen LogP contribution in [0.25, 0.3) is 17.0 Å². The molecule has 1 aliphatic rings. The normalized spacial score (nSPS) is 16.5. The largest absolute Gasteiger partial charge is 0.351 e. The minimum absolute atomic E-state index is 0.137. The van der Waals surface area contributed by atoms with E-state index in [1.165, 1.54) is 12.8 Å². The Hall–Kier alpha value is -2.99. The van der Waals surface area contributed by atoms with Crippen molar-refractivity contribution < 1.29 is 4.52 Å². The maximum atomic E-state index is 5.80. The van der Waals surface area contributed by atoms with Crippen LogP contribution >= 0.6 is 12.2 Å². The van der Waals surface area contributed by atoms with Crippen LogP contribution in [0.5, 0.6) is 0 Å². The molecular weight excluding hydrogens is 404 g/mol. The molecule has 0 saturated heterocycles. The van der Waals surface area contributed by atoms with Gasteiger partial charge in [-0.25, -0.2) is 0 Å². The molecular formula is C25H28N4OS. The van der Waals surface area contributed by atoms with Crippen LogP contribution in [0.4, 0.5) is 0 Å². The summed E-state index contributed by atoms with van der Waals surface area (Å²) in [5.74, 6) is 1.12. The number of allylic oxidation sites excluding steroid dienone is 1. The van der Waals surface area contributed by atoms with Crippen LogP contribution < -0.4 is 5.32 Å². The van der Waals surface area contributed by atoms with Crippen LogP contribution in [0, 0.1) is 6.92 Å². The van der Waals surface area contributed by atoms with E-state index >= 15 is 0 Å². The van der Waals surface area contributed by atoms with Crippen molar-refractivity contribution in [3.8, 4) is 11.4 Å². The number of hydrogen-bond acceptors (Lipinski definition) is 4. The van der Waals surface area contributed by atoms with Crippen molar-refractivity contribution in [3.05, 3.63) is 77.3 Å². The predicted octanol–water partition coefficient (Wildman–Crippen LogP) is 5.90. The summed E-state index contributed by atoms with van der Waals surface area (Å²) in [6.07, 6.45) is 3.42. The van der Waals surface area contributed by atoms with Gasteiger partial charge in [0.05, 0.1) is 11.6 Å². The van der Waals surface area contributed by atoms with E-state index in [4.69, 9.17) is 21.7 Å². The van der Waals surface area contributed by atoms with Gasteiger partial charge in [0.15, 0.2) is 5.11 Å². The lowest BCUT2D eigenvalue weighted by Gasteiger charge is -2.37. The SMILES string of the molecule is CCCCCN1C(=S)NC(c2ccccc2)C(c2nc(-c3cccc(C)c3)no2)=C1C. The number of benzene rings is 2. The van der Waals surface area contributed by atoms with Crippen molar-refractivity contribution in [2.75, 3.05) is 6.54 Å². The minimum Gasteiger partial charge on any atom is -0.351 e. The number of thiocarbonyl (C=S) groups is 1. The summed E-state index contributed by atoms with van der Waals surface area (Å²) >= 11 is 5.74. The van der Waals surface area contributed by atoms with Gasteiger partial charge in [-0.3, -0.25) is 0 Å². The zero-order valence-corrected chi connectivity index (χ0v) is 19.1. The Morgan fingerprint density at radius 2 is 1.87 bits per heavy atom. The van der Waals surface area contributed by atoms with E-state index in [1.807, 2.05) is 30.3 Å². The number of unbranched alkanes of at least 4 members (excludes halogenated alkanes) is 2. The van der Waals surface area contributed by atoms with Gasteiger partial charge < -0.3 is 14.7 Å². The van der Waals surface area contributed by atoms with Crippen molar-refractivity contribution in [2.24, 2.45) is 0 Å². The molecule has 3 aromatic rings. The van der Waals surface area contributed by atoms with Gasteiger partial charge in [-0.05, 0) is 44.1 Å². The monoisotopic (exact) mass is 432 g/mol. The first-order valence-corrected chi connectivity index (χ1v) is 11.2. The average Bonchev–Trinajstić information content (AvgIpc) is 3.26. The van der Waals surface area contributed by atoms with Crippen molar-refractivity contribution in [1.29, 1.82) is 0 Å². The van der Waals surface area contributed by atoms with Crippen LogP contribution in [0.2, 0.25) is 0 Å². The first-order valence-electron chi connectivity index (χ1n) is 10.8. The lowest BCUT2D eigenvalue weighted by Crippen LogP contribution is -2.46. The number of aryl methyl sites for hydroxylation is 1. The number of hydrogen-bond donors (Lipinski definition) is 1. The predicted molar refractivity (Wildman–Crippen MR) is 128 cm³/mol. The molecule has 1 atom stereocenters. The number of rotatable bonds is 7. The van der Waals surface area contributed by atoms with E-state index in [0.717, 1.165) is 46.0 Å². The first-order chi connectivity index (χ1) is 15.1. The van der Waals surface area contributed by atoms with Gasteiger partial charge in [0.1, 0.15) is 0 Å². The fraction of sp³-hybridized carbons (Fsp3) is 0.320. The van der Waals surface area contributed by atoms with E-state index in [2.05, 4.69) is 60.4 Å². The third kappa shape index (κ3) is 4.54. The van der Waals surface area contributed by atoms with Gasteiger partial charge in [0.2, 0.25) is 5.82 Å². The second-order valence-electron chi connectivity index (χ2n) is 7.94. The molecule has 0 radical (unpaired) electrons. The molecule has 160 valence electrons. The molecule has 0 amide bonds. The molecule has 1 aliphatic heterocycles. The van der Waals surface area contributed by atoms with Crippen LogP contribution in [0.15, 0.2) is 64.8 Å². The molecule has 6 heteroatoms. The fourth-order valence-electron chi connectivity index (χ4n) is 3.98. The summed E-state index contributed by atoms with van der Waals surface area (Å²) in [4.78, 5) is 6.94. The van der Waals surface area contributed by atoms with E-state index in [9.17, 15) is 0 Å². The summed E-state index contributed by atoms with van der Waals surface area (Å²) in [7, 11) is 0. The zero-order valence-electron chi connectivity index (χ0n) is 18.3. The second kappa shape index (κ2) is 9.43. The van der Waals surface area contributed by atoms with E-state index in [1.54, 1.807) is 0 Å². The second-order valence-corrected chi connectivity index (χ2v) is 8.33. The van der Waals surface area contributed by atoms with E-state index in [-0.39, 0.29) is 6.04 Å². The summed E-state index contributed by atoms with van der Waals surface area (Å²) in [6, 6.07) is 18.3. The zero-order chi connectivity index (χ0) is 21.8. The summed E-state index contributed by atoms with van der Waals surface area (Å²) in [6.45, 7) is 7.23. The lowest BCUT2D eigenvalue weighted by atomic mass is 9.94. The van der Waals surface area contributed by atoms with Gasteiger partial charge in [0, 0.05) is 17.8 Å². The van der Waals surface area contributed by atoms with Crippen molar-refractivity contribution in [2.45, 2.75) is 46.1 Å². The first kappa shape index (κ1) is 21.2. The molecule has 31 heavy (non-hydrogen) atoms. The van der Waals surface area contributed by atoms with Gasteiger partial charge in [-0.1, -0.05) is 79.0 Å². The third-order valence-corrected chi connectivity index (χ3v) is 5.99. The molecule has 5 nitrogen and oxygen atoms in total. The van der Waals surface area contributed by atoms with Crippen LogP contribution in [0.3, 0.4) is 0 Å². The Morgan fingerprint density at radius 1 is 1.06 bits per heavy atom. The van der Waals surface area contributed by atoms with Crippen molar-refractivity contribution >= 4 is 22.9 Å². The van der Waals surface area contributed by atoms with Crippen LogP contribution in [-0.4, -0.2) is 26.7 Å². The Labute approximate surface area is 189 Å². The Kier molecular flexibility index (Phi) is 6.47. The smallest absolute Gasteiger partial charge is 0.258 e. The quantitative estimate of drug-likeness (QED) is 0.371. The molecule has 0 saturated carbocycles. The van der Waals surface area contributed by atoms with E-state index < -0.39 is 0 Å². The number of aromatic nitrogens is 2. The number of nitrogens with one attached hydrogen (secondary N) is 1. The molecule has 0 spiro atoms. The van der Waals surface area contributed by atoms with Crippen molar-refractivity contribution in [3.63, 3.8) is 0 Å². The highest BCUT2D eigenvalue weighted by molar-refractivity contribution is 7.80.